The van der Waals surface area contributed by atoms with Crippen molar-refractivity contribution in [3.8, 4) is 22.6 Å². The highest BCUT2D eigenvalue weighted by molar-refractivity contribution is 7.99. The number of thioether (sulfide) groups is 1. The van der Waals surface area contributed by atoms with Gasteiger partial charge >= 0.3 is 0 Å². The van der Waals surface area contributed by atoms with E-state index in [0.29, 0.717) is 23.9 Å². The second-order valence-corrected chi connectivity index (χ2v) is 11.8. The van der Waals surface area contributed by atoms with E-state index in [1.165, 1.54) is 18.7 Å². The van der Waals surface area contributed by atoms with Crippen LogP contribution in [0.25, 0.3) is 16.8 Å². The fraction of sp³-hybridized carbons (Fsp3) is 0.235. The van der Waals surface area contributed by atoms with Crippen LogP contribution in [0.3, 0.4) is 0 Å². The molecule has 1 amide bonds. The minimum absolute atomic E-state index is 0.0225. The molecule has 1 aromatic heterocycles. The van der Waals surface area contributed by atoms with Gasteiger partial charge in [0.15, 0.2) is 6.29 Å². The molecule has 6 rings (SSSR count). The third kappa shape index (κ3) is 7.58. The lowest BCUT2D eigenvalue weighted by Gasteiger charge is -2.36. The highest BCUT2D eigenvalue weighted by Crippen LogP contribution is 2.40. The predicted octanol–water partition coefficient (Wildman–Crippen LogP) is 5.50. The molecule has 1 saturated heterocycles. The van der Waals surface area contributed by atoms with Crippen molar-refractivity contribution in [1.29, 1.82) is 0 Å². The van der Waals surface area contributed by atoms with Gasteiger partial charge in [-0.3, -0.25) is 4.79 Å². The van der Waals surface area contributed by atoms with Gasteiger partial charge in [-0.15, -0.1) is 5.10 Å². The van der Waals surface area contributed by atoms with E-state index in [4.69, 9.17) is 9.47 Å². The molecule has 11 heteroatoms. The number of hydrogen-bond donors (Lipinski definition) is 3. The molecule has 45 heavy (non-hydrogen) atoms. The number of nitrogens with one attached hydrogen (secondary N) is 1. The van der Waals surface area contributed by atoms with Gasteiger partial charge in [0, 0.05) is 31.2 Å². The summed E-state index contributed by atoms with van der Waals surface area (Å²) in [5.41, 5.74) is 6.52. The van der Waals surface area contributed by atoms with Crippen LogP contribution in [0.1, 0.15) is 48.0 Å². The number of carbonyl (C=O) groups is 1. The Bertz CT molecular complexity index is 1740. The molecule has 0 saturated carbocycles. The smallest absolute Gasteiger partial charge is 0.217 e. The average Bonchev–Trinajstić information content (AvgIpc) is 3.55. The Labute approximate surface area is 265 Å². The number of phenols is 1. The number of aromatic nitrogens is 4. The van der Waals surface area contributed by atoms with Crippen molar-refractivity contribution in [3.63, 3.8) is 0 Å². The largest absolute Gasteiger partial charge is 0.508 e. The highest BCUT2D eigenvalue weighted by atomic mass is 32.2. The topological polar surface area (TPSA) is 132 Å². The number of benzene rings is 4. The molecule has 0 aliphatic carbocycles. The molecule has 5 aromatic rings. The minimum atomic E-state index is -0.623. The Hall–Kier alpha value is -4.55. The third-order valence-electron chi connectivity index (χ3n) is 7.51. The number of aromatic hydroxyl groups is 1. The Balaban J connectivity index is 1.24. The van der Waals surface area contributed by atoms with Crippen LogP contribution in [0.15, 0.2) is 102 Å². The maximum Gasteiger partial charge on any atom is 0.217 e. The number of rotatable bonds is 10. The molecule has 230 valence electrons. The van der Waals surface area contributed by atoms with Gasteiger partial charge in [-0.25, -0.2) is 0 Å². The molecule has 1 aliphatic rings. The van der Waals surface area contributed by atoms with Crippen molar-refractivity contribution in [2.75, 3.05) is 5.75 Å². The molecular formula is C34H33N5O5S. The van der Waals surface area contributed by atoms with Crippen LogP contribution in [0.2, 0.25) is 0 Å². The van der Waals surface area contributed by atoms with Crippen molar-refractivity contribution >= 4 is 17.7 Å². The number of amides is 1. The van der Waals surface area contributed by atoms with Gasteiger partial charge in [-0.2, -0.15) is 4.68 Å². The number of ether oxygens (including phenoxy) is 2. The zero-order valence-electron chi connectivity index (χ0n) is 24.6. The normalized spacial score (nSPS) is 18.0. The summed E-state index contributed by atoms with van der Waals surface area (Å²) in [6, 6.07) is 30.7. The second-order valence-electron chi connectivity index (χ2n) is 10.8. The summed E-state index contributed by atoms with van der Waals surface area (Å²) in [4.78, 5) is 11.4. The van der Waals surface area contributed by atoms with Gasteiger partial charge in [0.1, 0.15) is 5.75 Å². The fourth-order valence-corrected chi connectivity index (χ4v) is 6.08. The predicted molar refractivity (Wildman–Crippen MR) is 169 cm³/mol. The number of nitrogens with zero attached hydrogens (tertiary/aromatic N) is 4. The van der Waals surface area contributed by atoms with Crippen LogP contribution in [-0.4, -0.2) is 48.2 Å². The summed E-state index contributed by atoms with van der Waals surface area (Å²) in [6.07, 6.45) is -0.429. The van der Waals surface area contributed by atoms with Crippen molar-refractivity contribution in [3.05, 3.63) is 119 Å². The maximum atomic E-state index is 11.4. The average molecular weight is 624 g/mol. The van der Waals surface area contributed by atoms with E-state index in [0.717, 1.165) is 39.1 Å². The summed E-state index contributed by atoms with van der Waals surface area (Å²) in [5, 5.41) is 34.9. The Morgan fingerprint density at radius 1 is 0.933 bits per heavy atom. The molecule has 0 spiro atoms. The SMILES string of the molecule is CC(=O)NCc1cccc(-c2cccc(C3OC(CSc4nnnn4-c4ccc(O)cc4)CC(c4ccc(CO)cc4)O3)c2)c1. The van der Waals surface area contributed by atoms with Crippen LogP contribution in [0, 0.1) is 0 Å². The zero-order chi connectivity index (χ0) is 31.2. The molecule has 0 radical (unpaired) electrons. The Morgan fingerprint density at radius 2 is 1.69 bits per heavy atom. The Morgan fingerprint density at radius 3 is 2.44 bits per heavy atom. The maximum absolute atomic E-state index is 11.4. The molecule has 3 atom stereocenters. The highest BCUT2D eigenvalue weighted by Gasteiger charge is 2.33. The van der Waals surface area contributed by atoms with Gasteiger partial charge < -0.3 is 25.0 Å². The quantitative estimate of drug-likeness (QED) is 0.173. The number of phenolic OH excluding ortho intramolecular Hbond substituents is 1. The van der Waals surface area contributed by atoms with E-state index >= 15 is 0 Å². The molecule has 3 N–H and O–H groups in total. The van der Waals surface area contributed by atoms with Crippen molar-refractivity contribution in [2.45, 2.75) is 50.2 Å². The van der Waals surface area contributed by atoms with Crippen molar-refractivity contribution in [1.82, 2.24) is 25.5 Å². The number of tetrazole rings is 1. The van der Waals surface area contributed by atoms with Gasteiger partial charge in [0.2, 0.25) is 11.1 Å². The lowest BCUT2D eigenvalue weighted by atomic mass is 9.99. The number of aliphatic hydroxyl groups excluding tert-OH is 1. The van der Waals surface area contributed by atoms with E-state index in [9.17, 15) is 15.0 Å². The van der Waals surface area contributed by atoms with Gasteiger partial charge in [0.05, 0.1) is 24.5 Å². The molecular weight excluding hydrogens is 590 g/mol. The standard InChI is InChI=1S/C34H33N5O5S/c1-22(41)35-19-24-4-2-5-26(16-24)27-6-3-7-28(17-27)33-43-31(18-32(44-33)25-10-8-23(20-40)9-11-25)21-45-34-36-37-38-39(34)29-12-14-30(42)15-13-29/h2-17,31-33,40,42H,18-21H2,1H3,(H,35,41). The van der Waals surface area contributed by atoms with Crippen LogP contribution >= 0.6 is 11.8 Å². The summed E-state index contributed by atoms with van der Waals surface area (Å²) >= 11 is 1.49. The molecule has 2 heterocycles. The molecule has 0 bridgehead atoms. The van der Waals surface area contributed by atoms with Crippen LogP contribution in [-0.2, 0) is 27.4 Å². The summed E-state index contributed by atoms with van der Waals surface area (Å²) in [6.45, 7) is 1.95. The van der Waals surface area contributed by atoms with Crippen LogP contribution in [0.4, 0.5) is 0 Å². The molecule has 1 fully saturated rings. The first kappa shape index (κ1) is 30.5. The van der Waals surface area contributed by atoms with Gasteiger partial charge in [-0.05, 0) is 74.6 Å². The first-order valence-electron chi connectivity index (χ1n) is 14.6. The number of aliphatic hydroxyl groups is 1. The van der Waals surface area contributed by atoms with Gasteiger partial charge in [0.25, 0.3) is 0 Å². The Kier molecular flexibility index (Phi) is 9.51. The first-order valence-corrected chi connectivity index (χ1v) is 15.6. The fourth-order valence-electron chi connectivity index (χ4n) is 5.17. The van der Waals surface area contributed by atoms with Gasteiger partial charge in [-0.1, -0.05) is 72.4 Å². The van der Waals surface area contributed by atoms with E-state index in [2.05, 4.69) is 33.0 Å². The van der Waals surface area contributed by atoms with Crippen molar-refractivity contribution in [2.24, 2.45) is 0 Å². The monoisotopic (exact) mass is 623 g/mol. The third-order valence-corrected chi connectivity index (χ3v) is 8.56. The molecule has 1 aliphatic heterocycles. The van der Waals surface area contributed by atoms with Crippen molar-refractivity contribution < 1.29 is 24.5 Å². The molecule has 3 unspecified atom stereocenters. The zero-order valence-corrected chi connectivity index (χ0v) is 25.4. The summed E-state index contributed by atoms with van der Waals surface area (Å²) in [7, 11) is 0. The van der Waals surface area contributed by atoms with Crippen LogP contribution < -0.4 is 5.32 Å². The minimum Gasteiger partial charge on any atom is -0.508 e. The summed E-state index contributed by atoms with van der Waals surface area (Å²) < 4.78 is 14.8. The molecule has 4 aromatic carbocycles. The van der Waals surface area contributed by atoms with E-state index < -0.39 is 6.29 Å². The second kappa shape index (κ2) is 14.0. The lowest BCUT2D eigenvalue weighted by molar-refractivity contribution is -0.245. The molecule has 10 nitrogen and oxygen atoms in total. The first-order chi connectivity index (χ1) is 21.9. The van der Waals surface area contributed by atoms with E-state index in [1.807, 2.05) is 60.7 Å². The summed E-state index contributed by atoms with van der Waals surface area (Å²) in [5.74, 6) is 0.677. The van der Waals surface area contributed by atoms with Crippen LogP contribution in [0.5, 0.6) is 5.75 Å². The van der Waals surface area contributed by atoms with E-state index in [-0.39, 0.29) is 30.5 Å². The number of hydrogen-bond acceptors (Lipinski definition) is 9. The van der Waals surface area contributed by atoms with E-state index in [1.54, 1.807) is 28.9 Å². The number of carbonyl (C=O) groups excluding carboxylic acids is 1. The lowest BCUT2D eigenvalue weighted by Crippen LogP contribution is -2.31.